The summed E-state index contributed by atoms with van der Waals surface area (Å²) >= 11 is 1.67. The van der Waals surface area contributed by atoms with E-state index in [2.05, 4.69) is 32.3 Å². The van der Waals surface area contributed by atoms with Crippen LogP contribution in [0.2, 0.25) is 0 Å². The zero-order valence-corrected chi connectivity index (χ0v) is 18.5. The molecule has 0 bridgehead atoms. The number of guanidine groups is 4. The third-order valence-electron chi connectivity index (χ3n) is 4.13. The number of furan rings is 1. The molecule has 0 spiro atoms. The molecule has 0 radical (unpaired) electrons. The van der Waals surface area contributed by atoms with Gasteiger partial charge in [0.15, 0.2) is 23.8 Å². The monoisotopic (exact) mass is 446 g/mol. The Morgan fingerprint density at radius 3 is 2.52 bits per heavy atom. The van der Waals surface area contributed by atoms with E-state index in [1.54, 1.807) is 29.5 Å². The minimum atomic E-state index is -0.161. The lowest BCUT2D eigenvalue weighted by Gasteiger charge is -2.20. The Balaban J connectivity index is 1.69. The summed E-state index contributed by atoms with van der Waals surface area (Å²) < 4.78 is 5.25. The van der Waals surface area contributed by atoms with Gasteiger partial charge in [0.2, 0.25) is 0 Å². The van der Waals surface area contributed by atoms with Crippen molar-refractivity contribution in [1.82, 2.24) is 26.2 Å². The average Bonchev–Trinajstić information content (AvgIpc) is 3.39. The van der Waals surface area contributed by atoms with Gasteiger partial charge in [-0.2, -0.15) is 0 Å². The summed E-state index contributed by atoms with van der Waals surface area (Å²) in [5.74, 6) is 1.37. The van der Waals surface area contributed by atoms with Crippen molar-refractivity contribution in [1.29, 1.82) is 16.2 Å². The van der Waals surface area contributed by atoms with Crippen molar-refractivity contribution in [2.75, 3.05) is 27.2 Å². The van der Waals surface area contributed by atoms with E-state index in [-0.39, 0.29) is 17.9 Å². The number of hydrogen-bond acceptors (Lipinski definition) is 6. The van der Waals surface area contributed by atoms with Crippen molar-refractivity contribution < 1.29 is 4.42 Å². The molecule has 0 saturated heterocycles. The molecule has 2 aromatic rings. The third kappa shape index (κ3) is 8.78. The number of thiophene rings is 1. The van der Waals surface area contributed by atoms with Crippen LogP contribution in [0.5, 0.6) is 0 Å². The zero-order valence-electron chi connectivity index (χ0n) is 17.7. The molecule has 31 heavy (non-hydrogen) atoms. The van der Waals surface area contributed by atoms with E-state index in [4.69, 9.17) is 26.4 Å². The van der Waals surface area contributed by atoms with Gasteiger partial charge < -0.3 is 25.7 Å². The van der Waals surface area contributed by atoms with Crippen molar-refractivity contribution in [3.05, 3.63) is 46.0 Å². The Hall–Kier alpha value is -3.54. The fourth-order valence-corrected chi connectivity index (χ4v) is 3.66. The first-order valence-electron chi connectivity index (χ1n) is 9.68. The molecule has 11 nitrogen and oxygen atoms in total. The van der Waals surface area contributed by atoms with Gasteiger partial charge in [0.1, 0.15) is 5.76 Å². The molecular weight excluding hydrogens is 416 g/mol. The molecule has 2 heterocycles. The Bertz CT molecular complexity index is 889. The van der Waals surface area contributed by atoms with E-state index in [0.29, 0.717) is 32.0 Å². The second-order valence-electron chi connectivity index (χ2n) is 6.62. The Kier molecular flexibility index (Phi) is 9.36. The maximum absolute atomic E-state index is 8.15. The predicted octanol–water partition coefficient (Wildman–Crippen LogP) is 0.665. The van der Waals surface area contributed by atoms with Crippen molar-refractivity contribution in [2.24, 2.45) is 10.7 Å². The van der Waals surface area contributed by atoms with E-state index in [1.165, 1.54) is 4.88 Å². The normalized spacial score (nSPS) is 11.0. The molecule has 0 saturated carbocycles. The molecule has 0 aliphatic rings. The highest BCUT2D eigenvalue weighted by atomic mass is 32.1. The van der Waals surface area contributed by atoms with E-state index >= 15 is 0 Å². The molecule has 0 aromatic carbocycles. The topological polar surface area (TPSA) is 174 Å². The first-order valence-corrected chi connectivity index (χ1v) is 10.5. The van der Waals surface area contributed by atoms with Gasteiger partial charge >= 0.3 is 0 Å². The molecule has 9 N–H and O–H groups in total. The largest absolute Gasteiger partial charge is 0.469 e. The van der Waals surface area contributed by atoms with Crippen LogP contribution >= 0.6 is 11.3 Å². The van der Waals surface area contributed by atoms with Crippen LogP contribution in [-0.4, -0.2) is 55.9 Å². The number of nitrogens with one attached hydrogen (secondary N) is 7. The number of nitrogens with two attached hydrogens (primary N) is 1. The maximum atomic E-state index is 8.15. The van der Waals surface area contributed by atoms with Gasteiger partial charge in [-0.05, 0) is 30.7 Å². The van der Waals surface area contributed by atoms with Crippen molar-refractivity contribution >= 4 is 35.2 Å². The predicted molar refractivity (Wildman–Crippen MR) is 125 cm³/mol. The van der Waals surface area contributed by atoms with Gasteiger partial charge in [-0.15, -0.1) is 11.3 Å². The Labute approximate surface area is 185 Å². The smallest absolute Gasteiger partial charge is 0.197 e. The lowest BCUT2D eigenvalue weighted by Crippen LogP contribution is -2.46. The molecule has 2 rings (SSSR count). The molecule has 2 aromatic heterocycles. The van der Waals surface area contributed by atoms with Crippen molar-refractivity contribution in [2.45, 2.75) is 19.4 Å². The van der Waals surface area contributed by atoms with E-state index < -0.39 is 0 Å². The molecule has 0 aliphatic carbocycles. The number of aliphatic imine (C=N–C) groups is 1. The molecule has 0 atom stereocenters. The van der Waals surface area contributed by atoms with Gasteiger partial charge in [-0.1, -0.05) is 0 Å². The highest BCUT2D eigenvalue weighted by molar-refractivity contribution is 7.12. The minimum Gasteiger partial charge on any atom is -0.469 e. The molecule has 0 fully saturated rings. The van der Waals surface area contributed by atoms with Gasteiger partial charge in [-0.25, -0.2) is 0 Å². The van der Waals surface area contributed by atoms with Crippen LogP contribution in [0.1, 0.15) is 15.5 Å². The van der Waals surface area contributed by atoms with E-state index in [0.717, 1.165) is 17.1 Å². The van der Waals surface area contributed by atoms with Crippen molar-refractivity contribution in [3.63, 3.8) is 0 Å². The fourth-order valence-electron chi connectivity index (χ4n) is 2.59. The second kappa shape index (κ2) is 12.2. The molecular formula is C19H30N10OS. The quantitative estimate of drug-likeness (QED) is 0.217. The van der Waals surface area contributed by atoms with Crippen molar-refractivity contribution in [3.8, 4) is 0 Å². The fraction of sp³-hybridized carbons (Fsp3) is 0.368. The number of rotatable bonds is 8. The van der Waals surface area contributed by atoms with Gasteiger partial charge in [0, 0.05) is 43.4 Å². The second-order valence-corrected chi connectivity index (χ2v) is 7.87. The van der Waals surface area contributed by atoms with Gasteiger partial charge in [0.25, 0.3) is 0 Å². The average molecular weight is 447 g/mol. The molecule has 12 heteroatoms. The molecule has 0 aliphatic heterocycles. The van der Waals surface area contributed by atoms with Crippen LogP contribution in [0.3, 0.4) is 0 Å². The number of nitrogens with zero attached hydrogens (tertiary/aromatic N) is 2. The van der Waals surface area contributed by atoms with Gasteiger partial charge in [0.05, 0.1) is 12.8 Å². The van der Waals surface area contributed by atoms with Crippen LogP contribution in [0.15, 0.2) is 39.9 Å². The molecule has 0 unspecified atom stereocenters. The van der Waals surface area contributed by atoms with Gasteiger partial charge in [-0.3, -0.25) is 31.9 Å². The van der Waals surface area contributed by atoms with Crippen LogP contribution in [0, 0.1) is 16.2 Å². The summed E-state index contributed by atoms with van der Waals surface area (Å²) in [4.78, 5) is 8.05. The zero-order chi connectivity index (χ0) is 22.6. The highest BCUT2D eigenvalue weighted by Gasteiger charge is 2.10. The molecule has 168 valence electrons. The Morgan fingerprint density at radius 1 is 1.10 bits per heavy atom. The first kappa shape index (κ1) is 23.7. The standard InChI is InChI=1S/C19H30N10OS/c1-24-19(27-16(20)21)26-10-8-14-5-6-15(31-14)12-29(2)18(23)28-17(22)25-9-7-13-4-3-11-30-13/h3-6,11H,7-10,12H2,1-2H3,(H4,22,23,25,28)(H5,20,21,24,26,27). The summed E-state index contributed by atoms with van der Waals surface area (Å²) in [5, 5.41) is 34.7. The summed E-state index contributed by atoms with van der Waals surface area (Å²) in [7, 11) is 3.43. The number of hydrogen-bond donors (Lipinski definition) is 8. The SMILES string of the molecule is C/N=C(/NCCc1ccc(CN(C)C(=N)NC(=N)NCCc2ccco2)s1)NC(=N)N. The summed E-state index contributed by atoms with van der Waals surface area (Å²) in [5.41, 5.74) is 5.31. The molecule has 0 amide bonds. The summed E-state index contributed by atoms with van der Waals surface area (Å²) in [6.07, 6.45) is 3.09. The third-order valence-corrected chi connectivity index (χ3v) is 5.26. The van der Waals surface area contributed by atoms with Crippen LogP contribution in [0.25, 0.3) is 0 Å². The lowest BCUT2D eigenvalue weighted by atomic mass is 10.3. The highest BCUT2D eigenvalue weighted by Crippen LogP contribution is 2.18. The first-order chi connectivity index (χ1) is 14.9. The lowest BCUT2D eigenvalue weighted by molar-refractivity contribution is 0.488. The van der Waals surface area contributed by atoms with E-state index in [9.17, 15) is 0 Å². The van der Waals surface area contributed by atoms with E-state index in [1.807, 2.05) is 25.2 Å². The minimum absolute atomic E-state index is 0.0777. The van der Waals surface area contributed by atoms with Crippen LogP contribution in [-0.2, 0) is 19.4 Å². The summed E-state index contributed by atoms with van der Waals surface area (Å²) in [6.45, 7) is 1.77. The van der Waals surface area contributed by atoms with Crippen LogP contribution in [0.4, 0.5) is 0 Å². The van der Waals surface area contributed by atoms with Crippen LogP contribution < -0.4 is 27.0 Å². The maximum Gasteiger partial charge on any atom is 0.197 e. The summed E-state index contributed by atoms with van der Waals surface area (Å²) in [6, 6.07) is 7.82. The Morgan fingerprint density at radius 2 is 1.84 bits per heavy atom.